The van der Waals surface area contributed by atoms with Crippen LogP contribution in [0, 0.1) is 6.92 Å². The molecule has 0 amide bonds. The molecule has 0 saturated carbocycles. The van der Waals surface area contributed by atoms with Crippen LogP contribution in [-0.4, -0.2) is 15.2 Å². The average molecular weight is 209 g/mol. The predicted octanol–water partition coefficient (Wildman–Crippen LogP) is 2.93. The number of H-pyrrole nitrogens is 1. The molecule has 0 spiro atoms. The third-order valence-corrected chi connectivity index (χ3v) is 2.79. The highest BCUT2D eigenvalue weighted by molar-refractivity contribution is 5.84. The molecule has 78 valence electrons. The van der Waals surface area contributed by atoms with Gasteiger partial charge in [0, 0.05) is 23.3 Å². The maximum Gasteiger partial charge on any atom is 0.0650 e. The third kappa shape index (κ3) is 1.37. The van der Waals surface area contributed by atoms with Crippen LogP contribution in [-0.2, 0) is 0 Å². The van der Waals surface area contributed by atoms with Gasteiger partial charge in [-0.3, -0.25) is 10.1 Å². The molecule has 1 N–H and O–H groups in total. The summed E-state index contributed by atoms with van der Waals surface area (Å²) in [5, 5.41) is 8.09. The van der Waals surface area contributed by atoms with Crippen molar-refractivity contribution < 1.29 is 0 Å². The largest absolute Gasteiger partial charge is 0.278 e. The number of pyridine rings is 1. The minimum atomic E-state index is 1.06. The Bertz CT molecular complexity index is 640. The van der Waals surface area contributed by atoms with Gasteiger partial charge in [-0.05, 0) is 36.2 Å². The molecule has 0 aliphatic carbocycles. The van der Waals surface area contributed by atoms with E-state index in [0.29, 0.717) is 0 Å². The van der Waals surface area contributed by atoms with E-state index in [2.05, 4.69) is 34.2 Å². The van der Waals surface area contributed by atoms with Crippen LogP contribution in [0.15, 0.2) is 42.9 Å². The normalized spacial score (nSPS) is 10.8. The second kappa shape index (κ2) is 3.45. The minimum absolute atomic E-state index is 1.06. The lowest BCUT2D eigenvalue weighted by atomic mass is 10.0. The number of benzene rings is 1. The van der Waals surface area contributed by atoms with Crippen molar-refractivity contribution in [2.45, 2.75) is 6.92 Å². The Morgan fingerprint density at radius 1 is 1.12 bits per heavy atom. The highest BCUT2D eigenvalue weighted by atomic mass is 15.1. The van der Waals surface area contributed by atoms with Crippen molar-refractivity contribution in [2.24, 2.45) is 0 Å². The number of rotatable bonds is 1. The van der Waals surface area contributed by atoms with Crippen LogP contribution < -0.4 is 0 Å². The van der Waals surface area contributed by atoms with Crippen molar-refractivity contribution in [3.63, 3.8) is 0 Å². The Kier molecular flexibility index (Phi) is 1.96. The zero-order chi connectivity index (χ0) is 11.0. The van der Waals surface area contributed by atoms with E-state index >= 15 is 0 Å². The minimum Gasteiger partial charge on any atom is -0.278 e. The summed E-state index contributed by atoms with van der Waals surface area (Å²) in [7, 11) is 0. The topological polar surface area (TPSA) is 41.6 Å². The van der Waals surface area contributed by atoms with Crippen LogP contribution in [0.1, 0.15) is 5.56 Å². The molecule has 2 aromatic heterocycles. The summed E-state index contributed by atoms with van der Waals surface area (Å²) < 4.78 is 0. The second-order valence-corrected chi connectivity index (χ2v) is 3.86. The summed E-state index contributed by atoms with van der Waals surface area (Å²) in [5.74, 6) is 0. The molecule has 0 saturated heterocycles. The van der Waals surface area contributed by atoms with Gasteiger partial charge in [0.2, 0.25) is 0 Å². The first kappa shape index (κ1) is 9.09. The second-order valence-electron chi connectivity index (χ2n) is 3.86. The molecule has 0 radical (unpaired) electrons. The van der Waals surface area contributed by atoms with Crippen LogP contribution >= 0.6 is 0 Å². The van der Waals surface area contributed by atoms with E-state index in [1.165, 1.54) is 16.7 Å². The molecule has 0 fully saturated rings. The van der Waals surface area contributed by atoms with Gasteiger partial charge < -0.3 is 0 Å². The Labute approximate surface area is 93.2 Å². The average Bonchev–Trinajstić information content (AvgIpc) is 2.76. The standard InChI is InChI=1S/C13H11N3/c1-9-4-5-14-8-12(9)10-2-3-13-11(6-10)7-15-16-13/h2-8H,1H3,(H,15,16). The van der Waals surface area contributed by atoms with Crippen molar-refractivity contribution in [2.75, 3.05) is 0 Å². The molecule has 0 atom stereocenters. The number of aromatic nitrogens is 3. The fourth-order valence-corrected chi connectivity index (χ4v) is 1.88. The van der Waals surface area contributed by atoms with Gasteiger partial charge in [0.25, 0.3) is 0 Å². The zero-order valence-electron chi connectivity index (χ0n) is 8.94. The van der Waals surface area contributed by atoms with E-state index in [4.69, 9.17) is 0 Å². The van der Waals surface area contributed by atoms with E-state index in [0.717, 1.165) is 10.9 Å². The number of hydrogen-bond donors (Lipinski definition) is 1. The Morgan fingerprint density at radius 3 is 2.94 bits per heavy atom. The maximum absolute atomic E-state index is 4.17. The van der Waals surface area contributed by atoms with Gasteiger partial charge in [-0.2, -0.15) is 5.10 Å². The summed E-state index contributed by atoms with van der Waals surface area (Å²) in [6.07, 6.45) is 5.55. The lowest BCUT2D eigenvalue weighted by Gasteiger charge is -2.04. The number of fused-ring (bicyclic) bond motifs is 1. The van der Waals surface area contributed by atoms with E-state index in [1.54, 1.807) is 0 Å². The summed E-state index contributed by atoms with van der Waals surface area (Å²) in [5.41, 5.74) is 4.65. The molecule has 16 heavy (non-hydrogen) atoms. The molecule has 0 unspecified atom stereocenters. The van der Waals surface area contributed by atoms with Crippen LogP contribution in [0.2, 0.25) is 0 Å². The van der Waals surface area contributed by atoms with Gasteiger partial charge in [0.05, 0.1) is 11.7 Å². The number of aromatic amines is 1. The SMILES string of the molecule is Cc1ccncc1-c1ccc2[nH]ncc2c1. The fourth-order valence-electron chi connectivity index (χ4n) is 1.88. The summed E-state index contributed by atoms with van der Waals surface area (Å²) in [6, 6.07) is 8.28. The Hall–Kier alpha value is -2.16. The van der Waals surface area contributed by atoms with E-state index < -0.39 is 0 Å². The molecule has 2 heterocycles. The molecule has 3 aromatic rings. The molecule has 3 heteroatoms. The quantitative estimate of drug-likeness (QED) is 0.669. The number of aryl methyl sites for hydroxylation is 1. The van der Waals surface area contributed by atoms with Crippen molar-refractivity contribution in [1.29, 1.82) is 0 Å². The highest BCUT2D eigenvalue weighted by Crippen LogP contribution is 2.25. The van der Waals surface area contributed by atoms with Crippen molar-refractivity contribution in [1.82, 2.24) is 15.2 Å². The first-order chi connectivity index (χ1) is 7.84. The lowest BCUT2D eigenvalue weighted by Crippen LogP contribution is -1.84. The number of hydrogen-bond acceptors (Lipinski definition) is 2. The van der Waals surface area contributed by atoms with Gasteiger partial charge >= 0.3 is 0 Å². The van der Waals surface area contributed by atoms with Gasteiger partial charge in [-0.25, -0.2) is 0 Å². The van der Waals surface area contributed by atoms with Crippen LogP contribution in [0.4, 0.5) is 0 Å². The molecule has 0 aliphatic heterocycles. The van der Waals surface area contributed by atoms with Crippen molar-refractivity contribution >= 4 is 10.9 Å². The number of nitrogens with zero attached hydrogens (tertiary/aromatic N) is 2. The van der Waals surface area contributed by atoms with Crippen molar-refractivity contribution in [3.05, 3.63) is 48.4 Å². The van der Waals surface area contributed by atoms with Gasteiger partial charge in [0.1, 0.15) is 0 Å². The number of nitrogens with one attached hydrogen (secondary N) is 1. The van der Waals surface area contributed by atoms with Crippen LogP contribution in [0.5, 0.6) is 0 Å². The maximum atomic E-state index is 4.17. The zero-order valence-corrected chi connectivity index (χ0v) is 8.94. The van der Waals surface area contributed by atoms with Crippen molar-refractivity contribution in [3.8, 4) is 11.1 Å². The molecule has 0 aliphatic rings. The highest BCUT2D eigenvalue weighted by Gasteiger charge is 2.03. The van der Waals surface area contributed by atoms with Gasteiger partial charge in [-0.15, -0.1) is 0 Å². The van der Waals surface area contributed by atoms with E-state index in [1.807, 2.05) is 30.7 Å². The lowest BCUT2D eigenvalue weighted by molar-refractivity contribution is 1.12. The molecule has 0 bridgehead atoms. The predicted molar refractivity (Wildman–Crippen MR) is 64.1 cm³/mol. The first-order valence-corrected chi connectivity index (χ1v) is 5.19. The van der Waals surface area contributed by atoms with E-state index in [-0.39, 0.29) is 0 Å². The fraction of sp³-hybridized carbons (Fsp3) is 0.0769. The third-order valence-electron chi connectivity index (χ3n) is 2.79. The van der Waals surface area contributed by atoms with Crippen LogP contribution in [0.25, 0.3) is 22.0 Å². The summed E-state index contributed by atoms with van der Waals surface area (Å²) in [6.45, 7) is 2.09. The van der Waals surface area contributed by atoms with Gasteiger partial charge in [0.15, 0.2) is 0 Å². The summed E-state index contributed by atoms with van der Waals surface area (Å²) >= 11 is 0. The molecule has 3 nitrogen and oxygen atoms in total. The van der Waals surface area contributed by atoms with E-state index in [9.17, 15) is 0 Å². The molecule has 1 aromatic carbocycles. The first-order valence-electron chi connectivity index (χ1n) is 5.19. The van der Waals surface area contributed by atoms with Crippen LogP contribution in [0.3, 0.4) is 0 Å². The monoisotopic (exact) mass is 209 g/mol. The molecular formula is C13H11N3. The Balaban J connectivity index is 2.22. The molecular weight excluding hydrogens is 198 g/mol. The Morgan fingerprint density at radius 2 is 2.06 bits per heavy atom. The van der Waals surface area contributed by atoms with Gasteiger partial charge in [-0.1, -0.05) is 6.07 Å². The smallest absolute Gasteiger partial charge is 0.0650 e. The summed E-state index contributed by atoms with van der Waals surface area (Å²) in [4.78, 5) is 4.17. The molecule has 3 rings (SSSR count).